The SMILES string of the molecule is CC(C)CCC(=O)C1CCC(C)(C)CC1. The van der Waals surface area contributed by atoms with Gasteiger partial charge in [0.05, 0.1) is 0 Å². The topological polar surface area (TPSA) is 17.1 Å². The molecule has 88 valence electrons. The van der Waals surface area contributed by atoms with E-state index in [0.29, 0.717) is 23.0 Å². The zero-order valence-electron chi connectivity index (χ0n) is 10.8. The van der Waals surface area contributed by atoms with Gasteiger partial charge >= 0.3 is 0 Å². The minimum Gasteiger partial charge on any atom is -0.299 e. The highest BCUT2D eigenvalue weighted by Gasteiger charge is 2.29. The van der Waals surface area contributed by atoms with Gasteiger partial charge in [0.2, 0.25) is 0 Å². The first-order valence-electron chi connectivity index (χ1n) is 6.43. The summed E-state index contributed by atoms with van der Waals surface area (Å²) in [6, 6.07) is 0. The molecule has 15 heavy (non-hydrogen) atoms. The summed E-state index contributed by atoms with van der Waals surface area (Å²) in [4.78, 5) is 11.9. The van der Waals surface area contributed by atoms with Gasteiger partial charge in [-0.3, -0.25) is 4.79 Å². The first-order chi connectivity index (χ1) is 6.91. The maximum Gasteiger partial charge on any atom is 0.135 e. The molecule has 1 aliphatic carbocycles. The number of hydrogen-bond acceptors (Lipinski definition) is 1. The predicted octanol–water partition coefficient (Wildman–Crippen LogP) is 4.21. The van der Waals surface area contributed by atoms with Crippen LogP contribution in [0.4, 0.5) is 0 Å². The smallest absolute Gasteiger partial charge is 0.135 e. The first-order valence-corrected chi connectivity index (χ1v) is 6.43. The van der Waals surface area contributed by atoms with Gasteiger partial charge in [-0.15, -0.1) is 0 Å². The molecule has 0 bridgehead atoms. The van der Waals surface area contributed by atoms with Crippen LogP contribution in [-0.4, -0.2) is 5.78 Å². The minimum atomic E-state index is 0.386. The summed E-state index contributed by atoms with van der Waals surface area (Å²) >= 11 is 0. The third-order valence-electron chi connectivity index (χ3n) is 3.76. The van der Waals surface area contributed by atoms with E-state index in [-0.39, 0.29) is 0 Å². The number of hydrogen-bond donors (Lipinski definition) is 0. The molecule has 1 aliphatic rings. The fourth-order valence-corrected chi connectivity index (χ4v) is 2.36. The van der Waals surface area contributed by atoms with Crippen LogP contribution in [0.3, 0.4) is 0 Å². The molecular weight excluding hydrogens is 184 g/mol. The Kier molecular flexibility index (Phi) is 4.36. The zero-order chi connectivity index (χ0) is 11.5. The quantitative estimate of drug-likeness (QED) is 0.679. The van der Waals surface area contributed by atoms with Crippen molar-refractivity contribution in [2.24, 2.45) is 17.3 Å². The maximum atomic E-state index is 11.9. The molecule has 1 nitrogen and oxygen atoms in total. The van der Waals surface area contributed by atoms with Gasteiger partial charge in [-0.1, -0.05) is 27.7 Å². The maximum absolute atomic E-state index is 11.9. The van der Waals surface area contributed by atoms with Crippen LogP contribution in [0.15, 0.2) is 0 Å². The van der Waals surface area contributed by atoms with Crippen molar-refractivity contribution in [3.8, 4) is 0 Å². The molecule has 0 aromatic rings. The van der Waals surface area contributed by atoms with Gasteiger partial charge in [-0.05, 0) is 43.4 Å². The molecule has 1 heteroatoms. The Morgan fingerprint density at radius 2 is 1.80 bits per heavy atom. The normalized spacial score (nSPS) is 21.9. The van der Waals surface area contributed by atoms with E-state index in [1.807, 2.05) is 0 Å². The molecular formula is C14H26O. The molecule has 1 fully saturated rings. The third kappa shape index (κ3) is 4.36. The van der Waals surface area contributed by atoms with Crippen LogP contribution >= 0.6 is 0 Å². The van der Waals surface area contributed by atoms with Crippen LogP contribution in [0, 0.1) is 17.3 Å². The van der Waals surface area contributed by atoms with Crippen molar-refractivity contribution >= 4 is 5.78 Å². The number of rotatable bonds is 4. The van der Waals surface area contributed by atoms with E-state index in [4.69, 9.17) is 0 Å². The molecule has 1 saturated carbocycles. The molecule has 0 aromatic carbocycles. The third-order valence-corrected chi connectivity index (χ3v) is 3.76. The van der Waals surface area contributed by atoms with Crippen molar-refractivity contribution in [2.75, 3.05) is 0 Å². The Morgan fingerprint density at radius 1 is 1.27 bits per heavy atom. The van der Waals surface area contributed by atoms with Crippen molar-refractivity contribution in [1.29, 1.82) is 0 Å². The largest absolute Gasteiger partial charge is 0.299 e. The Balaban J connectivity index is 2.30. The van der Waals surface area contributed by atoms with Gasteiger partial charge in [0, 0.05) is 12.3 Å². The van der Waals surface area contributed by atoms with Crippen molar-refractivity contribution in [3.05, 3.63) is 0 Å². The van der Waals surface area contributed by atoms with Gasteiger partial charge in [-0.2, -0.15) is 0 Å². The zero-order valence-corrected chi connectivity index (χ0v) is 10.8. The molecule has 0 heterocycles. The summed E-state index contributed by atoms with van der Waals surface area (Å²) in [6.45, 7) is 9.03. The van der Waals surface area contributed by atoms with Crippen LogP contribution in [0.5, 0.6) is 0 Å². The monoisotopic (exact) mass is 210 g/mol. The van der Waals surface area contributed by atoms with Gasteiger partial charge in [0.1, 0.15) is 5.78 Å². The van der Waals surface area contributed by atoms with Crippen molar-refractivity contribution in [3.63, 3.8) is 0 Å². The van der Waals surface area contributed by atoms with E-state index >= 15 is 0 Å². The Hall–Kier alpha value is -0.330. The summed E-state index contributed by atoms with van der Waals surface area (Å²) in [5.74, 6) is 1.57. The molecule has 1 rings (SSSR count). The van der Waals surface area contributed by atoms with Crippen molar-refractivity contribution in [1.82, 2.24) is 0 Å². The van der Waals surface area contributed by atoms with E-state index < -0.39 is 0 Å². The Morgan fingerprint density at radius 3 is 2.27 bits per heavy atom. The summed E-state index contributed by atoms with van der Waals surface area (Å²) in [6.07, 6.45) is 6.59. The number of Topliss-reactive ketones (excluding diaryl/α,β-unsaturated/α-hetero) is 1. The lowest BCUT2D eigenvalue weighted by molar-refractivity contribution is -0.124. The molecule has 0 unspecified atom stereocenters. The Labute approximate surface area is 94.6 Å². The van der Waals surface area contributed by atoms with E-state index in [1.165, 1.54) is 12.8 Å². The highest BCUT2D eigenvalue weighted by Crippen LogP contribution is 2.38. The van der Waals surface area contributed by atoms with Crippen LogP contribution < -0.4 is 0 Å². The average molecular weight is 210 g/mol. The highest BCUT2D eigenvalue weighted by atomic mass is 16.1. The second-order valence-corrected chi connectivity index (χ2v) is 6.34. The van der Waals surface area contributed by atoms with E-state index in [0.717, 1.165) is 25.7 Å². The molecule has 0 amide bonds. The average Bonchev–Trinajstić information content (AvgIpc) is 2.14. The minimum absolute atomic E-state index is 0.386. The summed E-state index contributed by atoms with van der Waals surface area (Å²) in [5.41, 5.74) is 0.481. The fraction of sp³-hybridized carbons (Fsp3) is 0.929. The van der Waals surface area contributed by atoms with E-state index in [1.54, 1.807) is 0 Å². The van der Waals surface area contributed by atoms with E-state index in [2.05, 4.69) is 27.7 Å². The standard InChI is InChI=1S/C14H26O/c1-11(2)5-6-13(15)12-7-9-14(3,4)10-8-12/h11-12H,5-10H2,1-4H3. The second kappa shape index (κ2) is 5.14. The number of carbonyl (C=O) groups is 1. The molecule has 0 atom stereocenters. The van der Waals surface area contributed by atoms with Gasteiger partial charge < -0.3 is 0 Å². The lowest BCUT2D eigenvalue weighted by atomic mass is 9.71. The first kappa shape index (κ1) is 12.7. The van der Waals surface area contributed by atoms with Gasteiger partial charge in [-0.25, -0.2) is 0 Å². The summed E-state index contributed by atoms with van der Waals surface area (Å²) in [5, 5.41) is 0. The summed E-state index contributed by atoms with van der Waals surface area (Å²) < 4.78 is 0. The van der Waals surface area contributed by atoms with Crippen LogP contribution in [-0.2, 0) is 4.79 Å². The Bertz CT molecular complexity index is 205. The molecule has 0 saturated heterocycles. The second-order valence-electron chi connectivity index (χ2n) is 6.34. The van der Waals surface area contributed by atoms with Crippen LogP contribution in [0.2, 0.25) is 0 Å². The van der Waals surface area contributed by atoms with Crippen LogP contribution in [0.25, 0.3) is 0 Å². The fourth-order valence-electron chi connectivity index (χ4n) is 2.36. The van der Waals surface area contributed by atoms with Crippen molar-refractivity contribution < 1.29 is 4.79 Å². The lowest BCUT2D eigenvalue weighted by Crippen LogP contribution is -2.26. The van der Waals surface area contributed by atoms with Crippen LogP contribution in [0.1, 0.15) is 66.2 Å². The number of ketones is 1. The summed E-state index contributed by atoms with van der Waals surface area (Å²) in [7, 11) is 0. The van der Waals surface area contributed by atoms with Gasteiger partial charge in [0.15, 0.2) is 0 Å². The molecule has 0 aromatic heterocycles. The van der Waals surface area contributed by atoms with Gasteiger partial charge in [0.25, 0.3) is 0 Å². The van der Waals surface area contributed by atoms with E-state index in [9.17, 15) is 4.79 Å². The predicted molar refractivity (Wildman–Crippen MR) is 64.8 cm³/mol. The molecule has 0 aliphatic heterocycles. The number of carbonyl (C=O) groups excluding carboxylic acids is 1. The molecule has 0 spiro atoms. The highest BCUT2D eigenvalue weighted by molar-refractivity contribution is 5.81. The molecule has 0 N–H and O–H groups in total. The molecule has 0 radical (unpaired) electrons. The van der Waals surface area contributed by atoms with Crippen molar-refractivity contribution in [2.45, 2.75) is 66.2 Å². The lowest BCUT2D eigenvalue weighted by Gasteiger charge is -2.33.